The van der Waals surface area contributed by atoms with Crippen molar-refractivity contribution in [2.75, 3.05) is 23.4 Å². The molecule has 146 valence electrons. The average Bonchev–Trinajstić information content (AvgIpc) is 2.63. The molecule has 0 spiro atoms. The molecule has 0 unspecified atom stereocenters. The molecule has 0 amide bonds. The molecule has 1 heterocycles. The molecule has 0 atom stereocenters. The average molecular weight is 382 g/mol. The molecule has 1 aliphatic rings. The van der Waals surface area contributed by atoms with Crippen LogP contribution in [-0.4, -0.2) is 30.9 Å². The summed E-state index contributed by atoms with van der Waals surface area (Å²) in [6.07, 6.45) is 0.611. The van der Waals surface area contributed by atoms with Gasteiger partial charge in [0.05, 0.1) is 23.7 Å². The highest BCUT2D eigenvalue weighted by atomic mass is 19.4. The van der Waals surface area contributed by atoms with E-state index in [4.69, 9.17) is 9.84 Å². The molecule has 0 saturated carbocycles. The van der Waals surface area contributed by atoms with Crippen molar-refractivity contribution in [1.29, 1.82) is 0 Å². The maximum Gasteiger partial charge on any atom is 0.379 e. The van der Waals surface area contributed by atoms with Crippen LogP contribution < -0.4 is 15.0 Å². The molecule has 0 radical (unpaired) electrons. The standard InChI is InChI=1S/C18H20N2O3.CHF3/c1-2-20-14-8-4-3-7-13(14)19-18-15(20)9-5-10-16(18)23-12-6-11-17(21)22;2-1(3)4/h3-5,7-10,19H,2,6,11-12H2,1H3,(H,21,22);1H. The van der Waals surface area contributed by atoms with Gasteiger partial charge in [0.15, 0.2) is 0 Å². The number of para-hydroxylation sites is 3. The number of carboxylic acid groups (broad SMARTS) is 1. The minimum absolute atomic E-state index is 0.117. The smallest absolute Gasteiger partial charge is 0.379 e. The Morgan fingerprint density at radius 2 is 1.81 bits per heavy atom. The van der Waals surface area contributed by atoms with Crippen LogP contribution in [0, 0.1) is 0 Å². The molecule has 2 aromatic carbocycles. The molecule has 0 aliphatic carbocycles. The number of carboxylic acids is 1. The maximum absolute atomic E-state index is 10.6. The van der Waals surface area contributed by atoms with E-state index in [9.17, 15) is 18.0 Å². The lowest BCUT2D eigenvalue weighted by Gasteiger charge is -2.33. The number of fused-ring (bicyclic) bond motifs is 2. The molecule has 8 heteroatoms. The van der Waals surface area contributed by atoms with Gasteiger partial charge >= 0.3 is 12.6 Å². The van der Waals surface area contributed by atoms with E-state index in [1.165, 1.54) is 0 Å². The lowest BCUT2D eigenvalue weighted by Crippen LogP contribution is -2.22. The fourth-order valence-corrected chi connectivity index (χ4v) is 2.82. The molecule has 2 aromatic rings. The van der Waals surface area contributed by atoms with Crippen molar-refractivity contribution in [3.63, 3.8) is 0 Å². The quantitative estimate of drug-likeness (QED) is 0.662. The summed E-state index contributed by atoms with van der Waals surface area (Å²) >= 11 is 0. The monoisotopic (exact) mass is 382 g/mol. The van der Waals surface area contributed by atoms with Crippen molar-refractivity contribution in [3.05, 3.63) is 42.5 Å². The Labute approximate surface area is 155 Å². The molecule has 5 nitrogen and oxygen atoms in total. The van der Waals surface area contributed by atoms with E-state index >= 15 is 0 Å². The van der Waals surface area contributed by atoms with E-state index in [0.29, 0.717) is 13.0 Å². The third kappa shape index (κ3) is 5.54. The number of anilines is 4. The predicted molar refractivity (Wildman–Crippen MR) is 98.3 cm³/mol. The van der Waals surface area contributed by atoms with E-state index in [0.717, 1.165) is 35.0 Å². The van der Waals surface area contributed by atoms with Crippen LogP contribution in [0.25, 0.3) is 0 Å². The third-order valence-corrected chi connectivity index (χ3v) is 3.86. The molecular formula is C19H21F3N2O3. The van der Waals surface area contributed by atoms with Crippen LogP contribution in [0.4, 0.5) is 35.9 Å². The van der Waals surface area contributed by atoms with E-state index < -0.39 is 12.6 Å². The molecule has 0 fully saturated rings. The fourth-order valence-electron chi connectivity index (χ4n) is 2.82. The zero-order valence-corrected chi connectivity index (χ0v) is 14.8. The highest BCUT2D eigenvalue weighted by Crippen LogP contribution is 2.47. The molecule has 0 aromatic heterocycles. The molecule has 1 aliphatic heterocycles. The van der Waals surface area contributed by atoms with Crippen molar-refractivity contribution in [1.82, 2.24) is 0 Å². The highest BCUT2D eigenvalue weighted by molar-refractivity contribution is 5.94. The Hall–Kier alpha value is -2.90. The number of carbonyl (C=O) groups is 1. The minimum atomic E-state index is -3.67. The Kier molecular flexibility index (Phi) is 7.34. The molecular weight excluding hydrogens is 361 g/mol. The third-order valence-electron chi connectivity index (χ3n) is 3.86. The van der Waals surface area contributed by atoms with Gasteiger partial charge in [-0.3, -0.25) is 4.79 Å². The lowest BCUT2D eigenvalue weighted by molar-refractivity contribution is -0.137. The van der Waals surface area contributed by atoms with Crippen molar-refractivity contribution >= 4 is 28.7 Å². The number of halogens is 3. The number of ether oxygens (including phenoxy) is 1. The van der Waals surface area contributed by atoms with Crippen LogP contribution in [-0.2, 0) is 4.79 Å². The summed E-state index contributed by atoms with van der Waals surface area (Å²) in [5.41, 5.74) is 4.19. The molecule has 2 N–H and O–H groups in total. The number of hydrogen-bond donors (Lipinski definition) is 2. The Morgan fingerprint density at radius 3 is 2.48 bits per heavy atom. The van der Waals surface area contributed by atoms with Crippen LogP contribution in [0.1, 0.15) is 19.8 Å². The van der Waals surface area contributed by atoms with Crippen LogP contribution in [0.3, 0.4) is 0 Å². The number of alkyl halides is 3. The predicted octanol–water partition coefficient (Wildman–Crippen LogP) is 5.32. The van der Waals surface area contributed by atoms with Crippen molar-refractivity contribution in [2.24, 2.45) is 0 Å². The number of hydrogen-bond acceptors (Lipinski definition) is 4. The number of aliphatic carboxylic acids is 1. The first-order valence-corrected chi connectivity index (χ1v) is 8.47. The van der Waals surface area contributed by atoms with E-state index in [1.54, 1.807) is 0 Å². The van der Waals surface area contributed by atoms with Crippen LogP contribution in [0.5, 0.6) is 5.75 Å². The van der Waals surface area contributed by atoms with Crippen molar-refractivity contribution in [2.45, 2.75) is 26.4 Å². The van der Waals surface area contributed by atoms with Gasteiger partial charge in [-0.05, 0) is 37.6 Å². The van der Waals surface area contributed by atoms with Gasteiger partial charge in [-0.1, -0.05) is 18.2 Å². The summed E-state index contributed by atoms with van der Waals surface area (Å²) in [5.74, 6) is -0.0475. The van der Waals surface area contributed by atoms with Crippen LogP contribution >= 0.6 is 0 Å². The second kappa shape index (κ2) is 9.70. The Bertz CT molecular complexity index is 769. The van der Waals surface area contributed by atoms with E-state index in [-0.39, 0.29) is 6.42 Å². The normalized spacial score (nSPS) is 11.7. The van der Waals surface area contributed by atoms with Gasteiger partial charge in [-0.15, -0.1) is 0 Å². The largest absolute Gasteiger partial charge is 0.491 e. The zero-order chi connectivity index (χ0) is 19.8. The van der Waals surface area contributed by atoms with Crippen molar-refractivity contribution < 1.29 is 27.8 Å². The molecule has 0 saturated heterocycles. The zero-order valence-electron chi connectivity index (χ0n) is 14.8. The van der Waals surface area contributed by atoms with Gasteiger partial charge in [-0.25, -0.2) is 0 Å². The van der Waals surface area contributed by atoms with Crippen molar-refractivity contribution in [3.8, 4) is 5.75 Å². The van der Waals surface area contributed by atoms with E-state index in [1.807, 2.05) is 30.3 Å². The van der Waals surface area contributed by atoms with Gasteiger partial charge in [0.25, 0.3) is 0 Å². The Balaban J connectivity index is 0.000000596. The topological polar surface area (TPSA) is 61.8 Å². The summed E-state index contributed by atoms with van der Waals surface area (Å²) in [4.78, 5) is 12.8. The Morgan fingerprint density at radius 1 is 1.15 bits per heavy atom. The number of nitrogens with zero attached hydrogens (tertiary/aromatic N) is 1. The summed E-state index contributed by atoms with van der Waals surface area (Å²) in [7, 11) is 0. The lowest BCUT2D eigenvalue weighted by atomic mass is 10.1. The number of benzene rings is 2. The summed E-state index contributed by atoms with van der Waals surface area (Å²) in [6, 6.07) is 14.1. The van der Waals surface area contributed by atoms with Gasteiger partial charge in [-0.2, -0.15) is 13.2 Å². The first-order chi connectivity index (χ1) is 12.9. The van der Waals surface area contributed by atoms with E-state index in [2.05, 4.69) is 29.3 Å². The van der Waals surface area contributed by atoms with Gasteiger partial charge in [0.1, 0.15) is 11.4 Å². The highest BCUT2D eigenvalue weighted by Gasteiger charge is 2.23. The number of nitrogens with one attached hydrogen (secondary N) is 1. The summed E-state index contributed by atoms with van der Waals surface area (Å²) < 4.78 is 34.8. The van der Waals surface area contributed by atoms with Gasteiger partial charge < -0.3 is 20.1 Å². The summed E-state index contributed by atoms with van der Waals surface area (Å²) in [6.45, 7) is -0.307. The number of rotatable bonds is 6. The molecule has 3 rings (SSSR count). The second-order valence-corrected chi connectivity index (χ2v) is 5.63. The SMILES string of the molecule is CCN1c2ccccc2Nc2c(OCCCC(=O)O)cccc21.FC(F)F. The van der Waals surface area contributed by atoms with Gasteiger partial charge in [0, 0.05) is 13.0 Å². The minimum Gasteiger partial charge on any atom is -0.491 e. The molecule has 27 heavy (non-hydrogen) atoms. The summed E-state index contributed by atoms with van der Waals surface area (Å²) in [5, 5.41) is 12.1. The second-order valence-electron chi connectivity index (χ2n) is 5.63. The van der Waals surface area contributed by atoms with Crippen LogP contribution in [0.2, 0.25) is 0 Å². The maximum atomic E-state index is 10.6. The fraction of sp³-hybridized carbons (Fsp3) is 0.316. The van der Waals surface area contributed by atoms with Crippen LogP contribution in [0.15, 0.2) is 42.5 Å². The van der Waals surface area contributed by atoms with Gasteiger partial charge in [0.2, 0.25) is 0 Å². The first kappa shape index (κ1) is 20.4. The first-order valence-electron chi connectivity index (χ1n) is 8.47. The molecule has 0 bridgehead atoms.